The monoisotopic (exact) mass is 127 g/mol. The molecule has 1 nitrogen and oxygen atoms in total. The van der Waals surface area contributed by atoms with Gasteiger partial charge >= 0.3 is 0 Å². The summed E-state index contributed by atoms with van der Waals surface area (Å²) in [5.74, 6) is 2.18. The molecular weight excluding hydrogens is 110 g/mol. The van der Waals surface area contributed by atoms with E-state index in [9.17, 15) is 0 Å². The summed E-state index contributed by atoms with van der Waals surface area (Å²) >= 11 is 0. The van der Waals surface area contributed by atoms with Gasteiger partial charge in [0.2, 0.25) is 0 Å². The minimum atomic E-state index is 0. The van der Waals surface area contributed by atoms with E-state index in [2.05, 4.69) is 13.8 Å². The SMILES string of the molecule is CC1CC2CC2(C)C1.N. The van der Waals surface area contributed by atoms with Gasteiger partial charge in [0.05, 0.1) is 0 Å². The maximum absolute atomic E-state index is 2.45. The van der Waals surface area contributed by atoms with Crippen LogP contribution in [0.5, 0.6) is 0 Å². The summed E-state index contributed by atoms with van der Waals surface area (Å²) in [6.45, 7) is 4.83. The Balaban J connectivity index is 0.000000405. The highest BCUT2D eigenvalue weighted by molar-refractivity contribution is 5.05. The van der Waals surface area contributed by atoms with Gasteiger partial charge in [-0.15, -0.1) is 0 Å². The molecule has 0 aromatic heterocycles. The van der Waals surface area contributed by atoms with Crippen molar-refractivity contribution < 1.29 is 0 Å². The van der Waals surface area contributed by atoms with Crippen molar-refractivity contribution >= 4 is 0 Å². The summed E-state index contributed by atoms with van der Waals surface area (Å²) in [7, 11) is 0. The van der Waals surface area contributed by atoms with Gasteiger partial charge in [0, 0.05) is 0 Å². The Kier molecular flexibility index (Phi) is 1.35. The van der Waals surface area contributed by atoms with Gasteiger partial charge in [-0.1, -0.05) is 13.8 Å². The van der Waals surface area contributed by atoms with Crippen molar-refractivity contribution in [2.75, 3.05) is 0 Å². The van der Waals surface area contributed by atoms with E-state index in [0.29, 0.717) is 0 Å². The zero-order chi connectivity index (χ0) is 5.78. The first-order valence-corrected chi connectivity index (χ1v) is 3.71. The van der Waals surface area contributed by atoms with Gasteiger partial charge in [-0.25, -0.2) is 0 Å². The fourth-order valence-electron chi connectivity index (χ4n) is 2.49. The van der Waals surface area contributed by atoms with Crippen LogP contribution in [0.1, 0.15) is 33.1 Å². The van der Waals surface area contributed by atoms with E-state index in [1.54, 1.807) is 0 Å². The summed E-state index contributed by atoms with van der Waals surface area (Å²) in [4.78, 5) is 0. The van der Waals surface area contributed by atoms with E-state index in [4.69, 9.17) is 0 Å². The molecule has 0 radical (unpaired) electrons. The highest BCUT2D eigenvalue weighted by Crippen LogP contribution is 2.64. The van der Waals surface area contributed by atoms with Crippen LogP contribution in [0.4, 0.5) is 0 Å². The standard InChI is InChI=1S/C8H14.H3N/c1-6-3-7-5-8(7,2)4-6;/h6-7H,3-5H2,1-2H3;1H3. The molecular formula is C8H17N. The number of rotatable bonds is 0. The molecule has 0 amide bonds. The van der Waals surface area contributed by atoms with Crippen LogP contribution >= 0.6 is 0 Å². The Morgan fingerprint density at radius 3 is 2.22 bits per heavy atom. The third kappa shape index (κ3) is 0.877. The molecule has 0 aliphatic heterocycles. The number of hydrogen-bond acceptors (Lipinski definition) is 1. The lowest BCUT2D eigenvalue weighted by molar-refractivity contribution is 0.469. The van der Waals surface area contributed by atoms with Crippen molar-refractivity contribution in [3.8, 4) is 0 Å². The third-order valence-electron chi connectivity index (χ3n) is 3.04. The summed E-state index contributed by atoms with van der Waals surface area (Å²) < 4.78 is 0. The second-order valence-electron chi connectivity index (χ2n) is 4.10. The zero-order valence-corrected chi connectivity index (χ0v) is 6.48. The molecule has 2 rings (SSSR count). The van der Waals surface area contributed by atoms with Crippen LogP contribution < -0.4 is 6.15 Å². The van der Waals surface area contributed by atoms with Crippen molar-refractivity contribution in [3.63, 3.8) is 0 Å². The van der Waals surface area contributed by atoms with Gasteiger partial charge in [-0.3, -0.25) is 0 Å². The lowest BCUT2D eigenvalue weighted by atomic mass is 10.0. The molecule has 2 aliphatic carbocycles. The average Bonchev–Trinajstić information content (AvgIpc) is 2.07. The molecule has 0 aromatic carbocycles. The molecule has 0 spiro atoms. The van der Waals surface area contributed by atoms with Crippen LogP contribution in [0.2, 0.25) is 0 Å². The Labute approximate surface area is 57.4 Å². The smallest absolute Gasteiger partial charge is 0.0292 e. The Bertz CT molecular complexity index is 122. The van der Waals surface area contributed by atoms with Gasteiger partial charge in [0.15, 0.2) is 0 Å². The second-order valence-corrected chi connectivity index (χ2v) is 4.10. The van der Waals surface area contributed by atoms with Crippen LogP contribution in [0.3, 0.4) is 0 Å². The number of hydrogen-bond donors (Lipinski definition) is 1. The molecule has 3 unspecified atom stereocenters. The van der Waals surface area contributed by atoms with Crippen molar-refractivity contribution in [2.24, 2.45) is 17.3 Å². The molecule has 0 saturated heterocycles. The first kappa shape index (κ1) is 7.07. The van der Waals surface area contributed by atoms with Gasteiger partial charge in [0.1, 0.15) is 0 Å². The van der Waals surface area contributed by atoms with Crippen molar-refractivity contribution in [2.45, 2.75) is 33.1 Å². The van der Waals surface area contributed by atoms with Crippen LogP contribution in [0, 0.1) is 17.3 Å². The highest BCUT2D eigenvalue weighted by Gasteiger charge is 2.55. The molecule has 0 heterocycles. The second kappa shape index (κ2) is 1.72. The predicted octanol–water partition coefficient (Wildman–Crippen LogP) is 2.60. The first-order chi connectivity index (χ1) is 3.71. The topological polar surface area (TPSA) is 35.0 Å². The van der Waals surface area contributed by atoms with E-state index < -0.39 is 0 Å². The minimum Gasteiger partial charge on any atom is -0.344 e. The van der Waals surface area contributed by atoms with Crippen LogP contribution in [0.15, 0.2) is 0 Å². The summed E-state index contributed by atoms with van der Waals surface area (Å²) in [5.41, 5.74) is 0.833. The minimum absolute atomic E-state index is 0. The molecule has 3 N–H and O–H groups in total. The third-order valence-corrected chi connectivity index (χ3v) is 3.04. The summed E-state index contributed by atoms with van der Waals surface area (Å²) in [6.07, 6.45) is 4.57. The van der Waals surface area contributed by atoms with Gasteiger partial charge in [-0.05, 0) is 36.5 Å². The van der Waals surface area contributed by atoms with Crippen LogP contribution in [0.25, 0.3) is 0 Å². The molecule has 1 heteroatoms. The van der Waals surface area contributed by atoms with E-state index >= 15 is 0 Å². The molecule has 9 heavy (non-hydrogen) atoms. The molecule has 3 atom stereocenters. The lowest BCUT2D eigenvalue weighted by Crippen LogP contribution is -1.93. The van der Waals surface area contributed by atoms with Gasteiger partial charge < -0.3 is 6.15 Å². The maximum Gasteiger partial charge on any atom is -0.0292 e. The molecule has 2 fully saturated rings. The molecule has 2 saturated carbocycles. The van der Waals surface area contributed by atoms with Crippen molar-refractivity contribution in [1.29, 1.82) is 0 Å². The van der Waals surface area contributed by atoms with Crippen LogP contribution in [-0.4, -0.2) is 0 Å². The fraction of sp³-hybridized carbons (Fsp3) is 1.00. The van der Waals surface area contributed by atoms with E-state index in [0.717, 1.165) is 17.3 Å². The van der Waals surface area contributed by atoms with Gasteiger partial charge in [-0.2, -0.15) is 0 Å². The molecule has 0 aromatic rings. The van der Waals surface area contributed by atoms with Gasteiger partial charge in [0.25, 0.3) is 0 Å². The molecule has 54 valence electrons. The Morgan fingerprint density at radius 1 is 1.33 bits per heavy atom. The van der Waals surface area contributed by atoms with Crippen molar-refractivity contribution in [1.82, 2.24) is 6.15 Å². The summed E-state index contributed by atoms with van der Waals surface area (Å²) in [6, 6.07) is 0. The van der Waals surface area contributed by atoms with E-state index in [1.807, 2.05) is 0 Å². The normalized spacial score (nSPS) is 54.0. The Morgan fingerprint density at radius 2 is 2.00 bits per heavy atom. The number of fused-ring (bicyclic) bond motifs is 1. The maximum atomic E-state index is 2.45. The first-order valence-electron chi connectivity index (χ1n) is 3.71. The predicted molar refractivity (Wildman–Crippen MR) is 39.6 cm³/mol. The lowest BCUT2D eigenvalue weighted by Gasteiger charge is -2.04. The van der Waals surface area contributed by atoms with E-state index in [1.165, 1.54) is 19.3 Å². The summed E-state index contributed by atoms with van der Waals surface area (Å²) in [5, 5.41) is 0. The quantitative estimate of drug-likeness (QED) is 0.533. The molecule has 0 bridgehead atoms. The average molecular weight is 127 g/mol. The molecule has 2 aliphatic rings. The fourth-order valence-corrected chi connectivity index (χ4v) is 2.49. The van der Waals surface area contributed by atoms with Crippen molar-refractivity contribution in [3.05, 3.63) is 0 Å². The van der Waals surface area contributed by atoms with Crippen LogP contribution in [-0.2, 0) is 0 Å². The zero-order valence-electron chi connectivity index (χ0n) is 6.48. The van der Waals surface area contributed by atoms with E-state index in [-0.39, 0.29) is 6.15 Å². The largest absolute Gasteiger partial charge is 0.344 e. The Hall–Kier alpha value is -0.0400. The highest BCUT2D eigenvalue weighted by atomic mass is 14.6.